The SMILES string of the molecule is Cc1cc(S(=O)(=O)N2CCn3cnnc3C2)sc1CN. The molecule has 1 aliphatic rings. The first-order valence-corrected chi connectivity index (χ1v) is 8.44. The Labute approximate surface area is 121 Å². The highest BCUT2D eigenvalue weighted by molar-refractivity contribution is 7.91. The van der Waals surface area contributed by atoms with E-state index in [-0.39, 0.29) is 6.54 Å². The number of rotatable bonds is 3. The van der Waals surface area contributed by atoms with E-state index in [9.17, 15) is 8.42 Å². The van der Waals surface area contributed by atoms with E-state index >= 15 is 0 Å². The monoisotopic (exact) mass is 313 g/mol. The van der Waals surface area contributed by atoms with Crippen molar-refractivity contribution >= 4 is 21.4 Å². The van der Waals surface area contributed by atoms with Crippen LogP contribution in [0.15, 0.2) is 16.6 Å². The number of aromatic nitrogens is 3. The van der Waals surface area contributed by atoms with Gasteiger partial charge in [0.25, 0.3) is 10.0 Å². The molecule has 7 nitrogen and oxygen atoms in total. The number of nitrogens with two attached hydrogens (primary N) is 1. The Morgan fingerprint density at radius 3 is 2.95 bits per heavy atom. The first kappa shape index (κ1) is 13.7. The summed E-state index contributed by atoms with van der Waals surface area (Å²) in [6.45, 7) is 3.51. The van der Waals surface area contributed by atoms with Crippen molar-refractivity contribution in [3.63, 3.8) is 0 Å². The van der Waals surface area contributed by atoms with Crippen molar-refractivity contribution in [3.8, 4) is 0 Å². The van der Waals surface area contributed by atoms with Crippen LogP contribution < -0.4 is 5.73 Å². The maximum atomic E-state index is 12.6. The summed E-state index contributed by atoms with van der Waals surface area (Å²) in [4.78, 5) is 0.906. The van der Waals surface area contributed by atoms with Crippen LogP contribution in [0.2, 0.25) is 0 Å². The van der Waals surface area contributed by atoms with Crippen molar-refractivity contribution in [2.75, 3.05) is 6.54 Å². The minimum atomic E-state index is -3.48. The van der Waals surface area contributed by atoms with Gasteiger partial charge in [0, 0.05) is 24.5 Å². The van der Waals surface area contributed by atoms with Crippen LogP contribution in [0.1, 0.15) is 16.3 Å². The second-order valence-corrected chi connectivity index (χ2v) is 7.96. The molecule has 1 aliphatic heterocycles. The second kappa shape index (κ2) is 4.92. The summed E-state index contributed by atoms with van der Waals surface area (Å²) in [7, 11) is -3.48. The summed E-state index contributed by atoms with van der Waals surface area (Å²) in [6, 6.07) is 1.70. The zero-order valence-electron chi connectivity index (χ0n) is 11.0. The highest BCUT2D eigenvalue weighted by atomic mass is 32.2. The minimum absolute atomic E-state index is 0.261. The highest BCUT2D eigenvalue weighted by Gasteiger charge is 2.30. The molecule has 2 N–H and O–H groups in total. The Bertz CT molecular complexity index is 734. The fourth-order valence-corrected chi connectivity index (χ4v) is 5.20. The molecule has 2 aromatic rings. The number of aryl methyl sites for hydroxylation is 1. The molecular formula is C11H15N5O2S2. The lowest BCUT2D eigenvalue weighted by atomic mass is 10.3. The van der Waals surface area contributed by atoms with Gasteiger partial charge in [0.1, 0.15) is 16.4 Å². The molecule has 0 spiro atoms. The predicted molar refractivity (Wildman–Crippen MR) is 74.6 cm³/mol. The molecule has 2 aromatic heterocycles. The molecule has 20 heavy (non-hydrogen) atoms. The van der Waals surface area contributed by atoms with Crippen molar-refractivity contribution in [1.29, 1.82) is 0 Å². The van der Waals surface area contributed by atoms with Gasteiger partial charge in [-0.05, 0) is 18.6 Å². The maximum Gasteiger partial charge on any atom is 0.253 e. The Balaban J connectivity index is 1.92. The van der Waals surface area contributed by atoms with Crippen LogP contribution in [-0.2, 0) is 29.7 Å². The molecule has 0 radical (unpaired) electrons. The molecule has 108 valence electrons. The Morgan fingerprint density at radius 2 is 2.25 bits per heavy atom. The van der Waals surface area contributed by atoms with Gasteiger partial charge in [0.05, 0.1) is 6.54 Å². The van der Waals surface area contributed by atoms with Crippen molar-refractivity contribution < 1.29 is 8.42 Å². The molecule has 0 unspecified atom stereocenters. The van der Waals surface area contributed by atoms with Crippen LogP contribution in [0, 0.1) is 6.92 Å². The average molecular weight is 313 g/mol. The number of hydrogen-bond donors (Lipinski definition) is 1. The van der Waals surface area contributed by atoms with E-state index in [2.05, 4.69) is 10.2 Å². The van der Waals surface area contributed by atoms with Gasteiger partial charge in [0.15, 0.2) is 0 Å². The van der Waals surface area contributed by atoms with Crippen molar-refractivity contribution in [2.45, 2.75) is 30.8 Å². The molecule has 0 saturated heterocycles. The first-order chi connectivity index (χ1) is 9.52. The number of nitrogens with zero attached hydrogens (tertiary/aromatic N) is 4. The van der Waals surface area contributed by atoms with Crippen molar-refractivity contribution in [3.05, 3.63) is 28.7 Å². The van der Waals surface area contributed by atoms with Crippen LogP contribution >= 0.6 is 11.3 Å². The first-order valence-electron chi connectivity index (χ1n) is 6.18. The normalized spacial score (nSPS) is 16.3. The van der Waals surface area contributed by atoms with Gasteiger partial charge >= 0.3 is 0 Å². The minimum Gasteiger partial charge on any atom is -0.326 e. The quantitative estimate of drug-likeness (QED) is 0.880. The summed E-state index contributed by atoms with van der Waals surface area (Å²) < 4.78 is 28.9. The van der Waals surface area contributed by atoms with Crippen molar-refractivity contribution in [2.24, 2.45) is 5.73 Å². The number of fused-ring (bicyclic) bond motifs is 1. The van der Waals surface area contributed by atoms with Crippen molar-refractivity contribution in [1.82, 2.24) is 19.1 Å². The molecule has 0 aromatic carbocycles. The Kier molecular flexibility index (Phi) is 3.36. The highest BCUT2D eigenvalue weighted by Crippen LogP contribution is 2.29. The molecule has 0 amide bonds. The Morgan fingerprint density at radius 1 is 1.45 bits per heavy atom. The van der Waals surface area contributed by atoms with Crippen LogP contribution in [-0.4, -0.2) is 34.0 Å². The molecule has 0 aliphatic carbocycles. The third kappa shape index (κ3) is 2.16. The van der Waals surface area contributed by atoms with Crippen LogP contribution in [0.4, 0.5) is 0 Å². The summed E-state index contributed by atoms with van der Waals surface area (Å²) >= 11 is 1.25. The maximum absolute atomic E-state index is 12.6. The lowest BCUT2D eigenvalue weighted by Crippen LogP contribution is -2.37. The molecule has 0 saturated carbocycles. The van der Waals surface area contributed by atoms with Gasteiger partial charge in [-0.25, -0.2) is 8.42 Å². The van der Waals surface area contributed by atoms with Crippen LogP contribution in [0.3, 0.4) is 0 Å². The van der Waals surface area contributed by atoms with Gasteiger partial charge in [-0.3, -0.25) is 0 Å². The van der Waals surface area contributed by atoms with Crippen LogP contribution in [0.25, 0.3) is 0 Å². The molecule has 3 rings (SSSR count). The number of hydrogen-bond acceptors (Lipinski definition) is 6. The van der Waals surface area contributed by atoms with E-state index in [1.165, 1.54) is 15.6 Å². The zero-order chi connectivity index (χ0) is 14.3. The summed E-state index contributed by atoms with van der Waals surface area (Å²) in [5.74, 6) is 0.673. The fraction of sp³-hybridized carbons (Fsp3) is 0.455. The standard InChI is InChI=1S/C11H15N5O2S2/c1-8-4-11(19-9(8)5-12)20(17,18)16-3-2-15-7-13-14-10(15)6-16/h4,7H,2-3,5-6,12H2,1H3. The van der Waals surface area contributed by atoms with Gasteiger partial charge in [-0.1, -0.05) is 0 Å². The average Bonchev–Trinajstić information content (AvgIpc) is 3.03. The third-order valence-electron chi connectivity index (χ3n) is 3.38. The largest absolute Gasteiger partial charge is 0.326 e. The number of thiophene rings is 1. The van der Waals surface area contributed by atoms with E-state index in [4.69, 9.17) is 5.73 Å². The smallest absolute Gasteiger partial charge is 0.253 e. The van der Waals surface area contributed by atoms with E-state index in [1.807, 2.05) is 11.5 Å². The lowest BCUT2D eigenvalue weighted by Gasteiger charge is -2.25. The zero-order valence-corrected chi connectivity index (χ0v) is 12.6. The molecule has 0 fully saturated rings. The molecular weight excluding hydrogens is 298 g/mol. The van der Waals surface area contributed by atoms with Gasteiger partial charge < -0.3 is 10.3 Å². The van der Waals surface area contributed by atoms with E-state index < -0.39 is 10.0 Å². The third-order valence-corrected chi connectivity index (χ3v) is 6.94. The lowest BCUT2D eigenvalue weighted by molar-refractivity contribution is 0.336. The summed E-state index contributed by atoms with van der Waals surface area (Å²) in [5.41, 5.74) is 6.54. The topological polar surface area (TPSA) is 94.1 Å². The second-order valence-electron chi connectivity index (χ2n) is 4.65. The van der Waals surface area contributed by atoms with E-state index in [0.29, 0.717) is 29.7 Å². The summed E-state index contributed by atoms with van der Waals surface area (Å²) in [6.07, 6.45) is 1.63. The molecule has 9 heteroatoms. The van der Waals surface area contributed by atoms with Crippen LogP contribution in [0.5, 0.6) is 0 Å². The Hall–Kier alpha value is -1.29. The summed E-state index contributed by atoms with van der Waals surface area (Å²) in [5, 5.41) is 7.75. The van der Waals surface area contributed by atoms with Gasteiger partial charge in [0.2, 0.25) is 0 Å². The predicted octanol–water partition coefficient (Wildman–Crippen LogP) is 0.311. The fourth-order valence-electron chi connectivity index (χ4n) is 2.20. The van der Waals surface area contributed by atoms with Gasteiger partial charge in [-0.15, -0.1) is 21.5 Å². The molecule has 0 atom stereocenters. The van der Waals surface area contributed by atoms with E-state index in [1.54, 1.807) is 12.4 Å². The molecule has 0 bridgehead atoms. The van der Waals surface area contributed by atoms with Gasteiger partial charge in [-0.2, -0.15) is 4.31 Å². The van der Waals surface area contributed by atoms with E-state index in [0.717, 1.165) is 10.4 Å². The molecule has 3 heterocycles. The number of sulfonamides is 1.